The van der Waals surface area contributed by atoms with Crippen LogP contribution < -0.4 is 43.4 Å². The van der Waals surface area contributed by atoms with E-state index < -0.39 is 114 Å². The maximum atomic E-state index is 14.4. The van der Waals surface area contributed by atoms with E-state index in [4.69, 9.17) is 16.2 Å². The zero-order chi connectivity index (χ0) is 53.7. The average Bonchev–Trinajstić information content (AvgIpc) is 3.31. The van der Waals surface area contributed by atoms with E-state index >= 15 is 0 Å². The number of rotatable bonds is 15. The predicted molar refractivity (Wildman–Crippen MR) is 265 cm³/mol. The van der Waals surface area contributed by atoms with Crippen molar-refractivity contribution in [1.29, 1.82) is 0 Å². The Hall–Kier alpha value is -6.84. The van der Waals surface area contributed by atoms with Crippen molar-refractivity contribution in [2.24, 2.45) is 40.1 Å². The van der Waals surface area contributed by atoms with Gasteiger partial charge in [-0.25, -0.2) is 9.59 Å². The Balaban J connectivity index is 2.73. The van der Waals surface area contributed by atoms with Gasteiger partial charge in [0.05, 0.1) is 24.0 Å². The van der Waals surface area contributed by atoms with E-state index in [9.17, 15) is 53.4 Å². The molecule has 1 fully saturated rings. The Morgan fingerprint density at radius 1 is 0.803 bits per heavy atom. The van der Waals surface area contributed by atoms with Crippen molar-refractivity contribution in [2.45, 2.75) is 142 Å². The van der Waals surface area contributed by atoms with Gasteiger partial charge in [-0.05, 0) is 64.4 Å². The van der Waals surface area contributed by atoms with Crippen LogP contribution >= 0.6 is 0 Å². The van der Waals surface area contributed by atoms with E-state index in [2.05, 4.69) is 36.9 Å². The average molecular weight is 997 g/mol. The second kappa shape index (κ2) is 29.4. The van der Waals surface area contributed by atoms with Crippen LogP contribution in [0.15, 0.2) is 59.1 Å². The van der Waals surface area contributed by atoms with Crippen LogP contribution in [0, 0.1) is 23.7 Å². The molecule has 0 aromatic heterocycles. The summed E-state index contributed by atoms with van der Waals surface area (Å²) in [7, 11) is 2.93. The summed E-state index contributed by atoms with van der Waals surface area (Å²) in [5.74, 6) is -12.1. The molecule has 394 valence electrons. The minimum Gasteiger partial charge on any atom is -0.480 e. The first kappa shape index (κ1) is 60.3. The number of carbonyl (C=O) groups excluding carboxylic acids is 7. The highest BCUT2D eigenvalue weighted by Gasteiger charge is 2.37. The number of nitrogens with two attached hydrogens (primary N) is 2. The number of allylic oxidation sites excluding steroid dienone is 2. The number of aliphatic imine (C=N–C) groups is 1. The molecule has 0 saturated carbocycles. The summed E-state index contributed by atoms with van der Waals surface area (Å²) in [5.41, 5.74) is 12.8. The Morgan fingerprint density at radius 3 is 1.99 bits per heavy atom. The third-order valence-electron chi connectivity index (χ3n) is 12.3. The van der Waals surface area contributed by atoms with E-state index in [1.807, 2.05) is 43.3 Å². The standard InChI is InChI=1S/C49H76N10O12/c1-26(2)23-37-46(66)58-40(48(69)70)30(6)42(62)55-35(17-14-22-52-49(50)51)45(65)54-34(19-18-27(3)24-28(4)38(71-10)25-33-15-12-11-13-16-33)29(5)41(61)56-36(47(67)68)20-21-39(60)59(9)32(8)44(64)53-31(7)43(63)57-37/h11-13,15-16,18-19,24,26,28-32,34-38,40H,14,17,20-23,25H2,1-10H3,(H,53,64)(H,54,65)(H,55,62)(H,56,61)(H,57,63)(H,58,66)(H,67,68)(H,69,70)(H4,50,51,52)/b19-18+,27-24+/t28-,29?,30?,31+,32?,34?,35-,36?,37-,38-,40?/m0/s1. The molecule has 0 bridgehead atoms. The van der Waals surface area contributed by atoms with E-state index in [-0.39, 0.29) is 56.1 Å². The van der Waals surface area contributed by atoms with Crippen LogP contribution in [0.4, 0.5) is 0 Å². The van der Waals surface area contributed by atoms with Crippen LogP contribution in [0.1, 0.15) is 93.1 Å². The number of carboxylic acid groups (broad SMARTS) is 2. The molecule has 6 unspecified atom stereocenters. The van der Waals surface area contributed by atoms with Gasteiger partial charge in [0.15, 0.2) is 5.96 Å². The van der Waals surface area contributed by atoms with Crippen LogP contribution in [-0.4, -0.2) is 143 Å². The topological polar surface area (TPSA) is 343 Å². The number of aliphatic carboxylic acids is 2. The van der Waals surface area contributed by atoms with Gasteiger partial charge in [0.1, 0.15) is 36.3 Å². The van der Waals surface area contributed by atoms with Crippen LogP contribution in [0.2, 0.25) is 0 Å². The molecule has 71 heavy (non-hydrogen) atoms. The summed E-state index contributed by atoms with van der Waals surface area (Å²) in [6.45, 7) is 12.7. The zero-order valence-corrected chi connectivity index (χ0v) is 42.5. The Bertz CT molecular complexity index is 2110. The van der Waals surface area contributed by atoms with Crippen LogP contribution in [0.5, 0.6) is 0 Å². The number of guanidine groups is 1. The van der Waals surface area contributed by atoms with Gasteiger partial charge in [-0.15, -0.1) is 0 Å². The summed E-state index contributed by atoms with van der Waals surface area (Å²) < 4.78 is 5.82. The highest BCUT2D eigenvalue weighted by Crippen LogP contribution is 2.19. The molecule has 1 aliphatic heterocycles. The van der Waals surface area contributed by atoms with E-state index in [1.165, 1.54) is 40.8 Å². The number of hydrogen-bond donors (Lipinski definition) is 10. The summed E-state index contributed by atoms with van der Waals surface area (Å²) in [4.78, 5) is 126. The maximum Gasteiger partial charge on any atom is 0.327 e. The SMILES string of the molecule is CO[C@@H](Cc1ccccc1)[C@@H](C)/C=C(C)/C=C/C1NC(=O)[C@H](CCCN=C(N)N)NC(=O)C(C)C(C(=O)O)NC(=O)[C@H](CC(C)C)NC(=O)[C@@H](C)NC(=O)C(C)N(C)C(=O)CCC(C(=O)O)NC(=O)C1C. The van der Waals surface area contributed by atoms with Crippen LogP contribution in [-0.2, 0) is 54.3 Å². The first-order chi connectivity index (χ1) is 33.3. The van der Waals surface area contributed by atoms with Gasteiger partial charge in [-0.3, -0.25) is 38.6 Å². The zero-order valence-electron chi connectivity index (χ0n) is 42.5. The minimum atomic E-state index is -1.87. The lowest BCUT2D eigenvalue weighted by molar-refractivity contribution is -0.146. The number of likely N-dealkylation sites (N-methyl/N-ethyl adjacent to an activating group) is 1. The number of amides is 7. The molecule has 2 rings (SSSR count). The van der Waals surface area contributed by atoms with E-state index in [0.717, 1.165) is 10.5 Å². The predicted octanol–water partition coefficient (Wildman–Crippen LogP) is 0.493. The molecule has 7 amide bonds. The molecular formula is C49H76N10O12. The van der Waals surface area contributed by atoms with Gasteiger partial charge in [0, 0.05) is 33.0 Å². The molecule has 12 N–H and O–H groups in total. The summed E-state index contributed by atoms with van der Waals surface area (Å²) in [5, 5.41) is 35.7. The fraction of sp³-hybridized carbons (Fsp3) is 0.592. The third kappa shape index (κ3) is 20.2. The first-order valence-electron chi connectivity index (χ1n) is 23.8. The molecule has 11 atom stereocenters. The quantitative estimate of drug-likeness (QED) is 0.0495. The number of carboxylic acids is 2. The van der Waals surface area contributed by atoms with Crippen molar-refractivity contribution in [2.75, 3.05) is 20.7 Å². The minimum absolute atomic E-state index is 0.0237. The van der Waals surface area contributed by atoms with Crippen molar-refractivity contribution in [3.63, 3.8) is 0 Å². The van der Waals surface area contributed by atoms with E-state index in [0.29, 0.717) is 12.0 Å². The molecular weight excluding hydrogens is 921 g/mol. The highest BCUT2D eigenvalue weighted by atomic mass is 16.5. The lowest BCUT2D eigenvalue weighted by atomic mass is 9.94. The monoisotopic (exact) mass is 997 g/mol. The van der Waals surface area contributed by atoms with Crippen LogP contribution in [0.25, 0.3) is 0 Å². The van der Waals surface area contributed by atoms with Gasteiger partial charge in [-0.1, -0.05) is 88.8 Å². The lowest BCUT2D eigenvalue weighted by Gasteiger charge is -2.28. The van der Waals surface area contributed by atoms with Gasteiger partial charge in [0.25, 0.3) is 0 Å². The van der Waals surface area contributed by atoms with Crippen molar-refractivity contribution in [3.8, 4) is 0 Å². The molecule has 1 aliphatic rings. The van der Waals surface area contributed by atoms with Crippen molar-refractivity contribution >= 4 is 59.2 Å². The number of hydrogen-bond acceptors (Lipinski definition) is 11. The Morgan fingerprint density at radius 2 is 1.41 bits per heavy atom. The molecule has 22 heteroatoms. The number of ether oxygens (including phenoxy) is 1. The molecule has 1 heterocycles. The normalized spacial score (nSPS) is 26.4. The summed E-state index contributed by atoms with van der Waals surface area (Å²) >= 11 is 0. The van der Waals surface area contributed by atoms with Gasteiger partial charge in [-0.2, -0.15) is 0 Å². The molecule has 0 radical (unpaired) electrons. The molecule has 0 aliphatic carbocycles. The Labute approximate surface area is 416 Å². The molecule has 0 spiro atoms. The summed E-state index contributed by atoms with van der Waals surface area (Å²) in [6.07, 6.45) is 4.80. The third-order valence-corrected chi connectivity index (χ3v) is 12.3. The number of nitrogens with zero attached hydrogens (tertiary/aromatic N) is 2. The van der Waals surface area contributed by atoms with Gasteiger partial charge < -0.3 is 63.2 Å². The smallest absolute Gasteiger partial charge is 0.327 e. The van der Waals surface area contributed by atoms with Gasteiger partial charge >= 0.3 is 11.9 Å². The maximum absolute atomic E-state index is 14.4. The fourth-order valence-corrected chi connectivity index (χ4v) is 7.61. The second-order valence-electron chi connectivity index (χ2n) is 18.6. The largest absolute Gasteiger partial charge is 0.480 e. The fourth-order valence-electron chi connectivity index (χ4n) is 7.61. The number of carbonyl (C=O) groups is 9. The Kier molecular flexibility index (Phi) is 24.9. The lowest BCUT2D eigenvalue weighted by Crippen LogP contribution is -2.59. The molecule has 1 aromatic carbocycles. The molecule has 1 aromatic rings. The first-order valence-corrected chi connectivity index (χ1v) is 23.8. The van der Waals surface area contributed by atoms with Gasteiger partial charge in [0.2, 0.25) is 41.4 Å². The van der Waals surface area contributed by atoms with E-state index in [1.54, 1.807) is 34.0 Å². The van der Waals surface area contributed by atoms with Crippen LogP contribution in [0.3, 0.4) is 0 Å². The molecule has 22 nitrogen and oxygen atoms in total. The number of nitrogens with one attached hydrogen (secondary N) is 6. The number of benzene rings is 1. The highest BCUT2D eigenvalue weighted by molar-refractivity contribution is 5.97. The van der Waals surface area contributed by atoms with Crippen molar-refractivity contribution in [1.82, 2.24) is 36.8 Å². The summed E-state index contributed by atoms with van der Waals surface area (Å²) in [6, 6.07) is -0.00974. The second-order valence-corrected chi connectivity index (χ2v) is 18.6. The van der Waals surface area contributed by atoms with Crippen molar-refractivity contribution < 1.29 is 58.1 Å². The number of methoxy groups -OCH3 is 1. The molecule has 1 saturated heterocycles. The van der Waals surface area contributed by atoms with Crippen molar-refractivity contribution in [3.05, 3.63) is 59.7 Å².